The second-order valence-corrected chi connectivity index (χ2v) is 6.01. The molecule has 2 rings (SSSR count). The average Bonchev–Trinajstić information content (AvgIpc) is 3.04. The van der Waals surface area contributed by atoms with E-state index in [1.165, 1.54) is 31.4 Å². The molecule has 1 aromatic rings. The number of hydrogen-bond donors (Lipinski definition) is 1. The number of anilines is 1. The maximum absolute atomic E-state index is 11.3. The maximum Gasteiger partial charge on any atom is 0.357 e. The lowest BCUT2D eigenvalue weighted by Gasteiger charge is -2.20. The van der Waals surface area contributed by atoms with Gasteiger partial charge in [-0.3, -0.25) is 0 Å². The molecule has 0 bridgehead atoms. The zero-order valence-electron chi connectivity index (χ0n) is 11.7. The van der Waals surface area contributed by atoms with Crippen molar-refractivity contribution in [1.82, 2.24) is 9.88 Å². The molecule has 6 heteroatoms. The van der Waals surface area contributed by atoms with Gasteiger partial charge in [0.1, 0.15) is 0 Å². The second-order valence-electron chi connectivity index (χ2n) is 5.15. The largest absolute Gasteiger partial charge is 0.464 e. The van der Waals surface area contributed by atoms with Gasteiger partial charge >= 0.3 is 5.97 Å². The highest BCUT2D eigenvalue weighted by Gasteiger charge is 2.24. The van der Waals surface area contributed by atoms with E-state index in [0.29, 0.717) is 17.7 Å². The summed E-state index contributed by atoms with van der Waals surface area (Å²) in [4.78, 5) is 18.0. The Balaban J connectivity index is 1.80. The summed E-state index contributed by atoms with van der Waals surface area (Å²) >= 11 is 1.45. The van der Waals surface area contributed by atoms with Gasteiger partial charge in [-0.25, -0.2) is 9.78 Å². The van der Waals surface area contributed by atoms with Crippen LogP contribution in [0.4, 0.5) is 5.13 Å². The smallest absolute Gasteiger partial charge is 0.357 e. The number of esters is 1. The molecule has 1 N–H and O–H groups in total. The van der Waals surface area contributed by atoms with Crippen LogP contribution in [0.3, 0.4) is 0 Å². The summed E-state index contributed by atoms with van der Waals surface area (Å²) in [5.74, 6) is 0.282. The van der Waals surface area contributed by atoms with Gasteiger partial charge in [0.2, 0.25) is 0 Å². The Morgan fingerprint density at radius 3 is 3.11 bits per heavy atom. The number of carbonyl (C=O) groups is 1. The summed E-state index contributed by atoms with van der Waals surface area (Å²) in [6.45, 7) is 7.70. The van der Waals surface area contributed by atoms with Crippen LogP contribution in [0.2, 0.25) is 0 Å². The Bertz CT molecular complexity index is 433. The average molecular weight is 283 g/mol. The van der Waals surface area contributed by atoms with E-state index in [9.17, 15) is 4.79 Å². The second kappa shape index (κ2) is 6.34. The van der Waals surface area contributed by atoms with E-state index in [1.807, 2.05) is 0 Å². The molecule has 2 heterocycles. The van der Waals surface area contributed by atoms with Crippen molar-refractivity contribution in [2.75, 3.05) is 32.1 Å². The molecule has 1 saturated heterocycles. The molecule has 0 radical (unpaired) electrons. The number of nitrogens with zero attached hydrogens (tertiary/aromatic N) is 2. The van der Waals surface area contributed by atoms with Crippen LogP contribution >= 0.6 is 11.3 Å². The summed E-state index contributed by atoms with van der Waals surface area (Å²) in [5.41, 5.74) is 0.380. The number of nitrogens with one attached hydrogen (secondary N) is 1. The quantitative estimate of drug-likeness (QED) is 0.838. The number of ether oxygens (including phenoxy) is 1. The highest BCUT2D eigenvalue weighted by Crippen LogP contribution is 2.21. The molecule has 5 nitrogen and oxygen atoms in total. The topological polar surface area (TPSA) is 54.5 Å². The van der Waals surface area contributed by atoms with Crippen molar-refractivity contribution < 1.29 is 9.53 Å². The molecule has 1 unspecified atom stereocenters. The molecule has 0 aromatic carbocycles. The zero-order chi connectivity index (χ0) is 13.8. The third kappa shape index (κ3) is 3.67. The third-order valence-corrected chi connectivity index (χ3v) is 4.29. The Morgan fingerprint density at radius 1 is 1.68 bits per heavy atom. The fraction of sp³-hybridized carbons (Fsp3) is 0.692. The van der Waals surface area contributed by atoms with Crippen molar-refractivity contribution in [3.8, 4) is 0 Å². The van der Waals surface area contributed by atoms with Gasteiger partial charge in [-0.1, -0.05) is 0 Å². The first kappa shape index (κ1) is 14.3. The van der Waals surface area contributed by atoms with Gasteiger partial charge in [-0.05, 0) is 32.7 Å². The van der Waals surface area contributed by atoms with Crippen molar-refractivity contribution in [2.45, 2.75) is 26.3 Å². The first-order valence-corrected chi connectivity index (χ1v) is 7.50. The van der Waals surface area contributed by atoms with Crippen molar-refractivity contribution in [2.24, 2.45) is 5.92 Å². The molecule has 0 aliphatic carbocycles. The van der Waals surface area contributed by atoms with Crippen LogP contribution in [0.5, 0.6) is 0 Å². The van der Waals surface area contributed by atoms with E-state index < -0.39 is 0 Å². The number of methoxy groups -OCH3 is 1. The molecule has 106 valence electrons. The molecule has 1 aliphatic heterocycles. The summed E-state index contributed by atoms with van der Waals surface area (Å²) in [5, 5.41) is 5.84. The molecule has 1 aromatic heterocycles. The Hall–Kier alpha value is -1.14. The minimum atomic E-state index is -0.379. The van der Waals surface area contributed by atoms with E-state index >= 15 is 0 Å². The molecule has 0 saturated carbocycles. The number of rotatable bonds is 5. The van der Waals surface area contributed by atoms with Crippen LogP contribution in [0.1, 0.15) is 30.8 Å². The number of carbonyl (C=O) groups excluding carboxylic acids is 1. The van der Waals surface area contributed by atoms with Gasteiger partial charge in [0.05, 0.1) is 7.11 Å². The van der Waals surface area contributed by atoms with E-state index in [4.69, 9.17) is 0 Å². The zero-order valence-corrected chi connectivity index (χ0v) is 12.5. The predicted octanol–water partition coefficient (Wildman–Crippen LogP) is 2.07. The van der Waals surface area contributed by atoms with Crippen LogP contribution in [0.15, 0.2) is 5.38 Å². The van der Waals surface area contributed by atoms with Gasteiger partial charge in [0.15, 0.2) is 10.8 Å². The number of hydrogen-bond acceptors (Lipinski definition) is 6. The summed E-state index contributed by atoms with van der Waals surface area (Å²) in [7, 11) is 1.37. The predicted molar refractivity (Wildman–Crippen MR) is 76.8 cm³/mol. The molecular formula is C13H21N3O2S. The lowest BCUT2D eigenvalue weighted by atomic mass is 10.1. The van der Waals surface area contributed by atoms with Crippen molar-refractivity contribution in [3.63, 3.8) is 0 Å². The Kier molecular flexibility index (Phi) is 4.76. The van der Waals surface area contributed by atoms with Gasteiger partial charge in [-0.15, -0.1) is 11.3 Å². The van der Waals surface area contributed by atoms with Gasteiger partial charge in [0.25, 0.3) is 0 Å². The molecule has 1 fully saturated rings. The van der Waals surface area contributed by atoms with Crippen LogP contribution in [-0.2, 0) is 4.74 Å². The van der Waals surface area contributed by atoms with Crippen LogP contribution in [-0.4, -0.2) is 48.6 Å². The lowest BCUT2D eigenvalue weighted by molar-refractivity contribution is 0.0595. The van der Waals surface area contributed by atoms with E-state index in [-0.39, 0.29) is 5.97 Å². The SMILES string of the molecule is COC(=O)c1csc(NCC2CCN(C(C)C)C2)n1. The minimum absolute atomic E-state index is 0.379. The standard InChI is InChI=1S/C13H21N3O2S/c1-9(2)16-5-4-10(7-16)6-14-13-15-11(8-19-13)12(17)18-3/h8-10H,4-7H2,1-3H3,(H,14,15). The maximum atomic E-state index is 11.3. The third-order valence-electron chi connectivity index (χ3n) is 3.49. The van der Waals surface area contributed by atoms with E-state index in [0.717, 1.165) is 18.2 Å². The molecule has 1 aliphatic rings. The highest BCUT2D eigenvalue weighted by molar-refractivity contribution is 7.13. The first-order valence-electron chi connectivity index (χ1n) is 6.62. The Morgan fingerprint density at radius 2 is 2.47 bits per heavy atom. The molecular weight excluding hydrogens is 262 g/mol. The molecule has 0 amide bonds. The van der Waals surface area contributed by atoms with Crippen LogP contribution in [0, 0.1) is 5.92 Å². The molecule has 1 atom stereocenters. The summed E-state index contributed by atoms with van der Waals surface area (Å²) < 4.78 is 4.64. The normalized spacial score (nSPS) is 19.9. The van der Waals surface area contributed by atoms with Crippen molar-refractivity contribution in [1.29, 1.82) is 0 Å². The van der Waals surface area contributed by atoms with Crippen molar-refractivity contribution in [3.05, 3.63) is 11.1 Å². The van der Waals surface area contributed by atoms with Gasteiger partial charge < -0.3 is 15.0 Å². The summed E-state index contributed by atoms with van der Waals surface area (Å²) in [6.07, 6.45) is 1.22. The number of aromatic nitrogens is 1. The Labute approximate surface area is 118 Å². The van der Waals surface area contributed by atoms with E-state index in [1.54, 1.807) is 5.38 Å². The fourth-order valence-electron chi connectivity index (χ4n) is 2.28. The van der Waals surface area contributed by atoms with Crippen molar-refractivity contribution >= 4 is 22.4 Å². The number of likely N-dealkylation sites (tertiary alicyclic amines) is 1. The van der Waals surface area contributed by atoms with Crippen LogP contribution < -0.4 is 5.32 Å². The van der Waals surface area contributed by atoms with Gasteiger partial charge in [0, 0.05) is 24.5 Å². The highest BCUT2D eigenvalue weighted by atomic mass is 32.1. The monoisotopic (exact) mass is 283 g/mol. The van der Waals surface area contributed by atoms with Crippen LogP contribution in [0.25, 0.3) is 0 Å². The summed E-state index contributed by atoms with van der Waals surface area (Å²) in [6, 6.07) is 0.621. The fourth-order valence-corrected chi connectivity index (χ4v) is 2.97. The van der Waals surface area contributed by atoms with Gasteiger partial charge in [-0.2, -0.15) is 0 Å². The number of thiazole rings is 1. The molecule has 19 heavy (non-hydrogen) atoms. The molecule has 0 spiro atoms. The lowest BCUT2D eigenvalue weighted by Crippen LogP contribution is -2.29. The minimum Gasteiger partial charge on any atom is -0.464 e. The van der Waals surface area contributed by atoms with E-state index in [2.05, 4.69) is 33.8 Å². The first-order chi connectivity index (χ1) is 9.10.